The number of carbonyl (C=O) groups excluding carboxylic acids is 1. The lowest BCUT2D eigenvalue weighted by atomic mass is 10.1. The summed E-state index contributed by atoms with van der Waals surface area (Å²) in [6, 6.07) is 7.92. The van der Waals surface area contributed by atoms with Crippen molar-refractivity contribution in [3.05, 3.63) is 42.2 Å². The second kappa shape index (κ2) is 6.83. The molecule has 2 N–H and O–H groups in total. The van der Waals surface area contributed by atoms with Gasteiger partial charge in [0.25, 0.3) is 0 Å². The lowest BCUT2D eigenvalue weighted by molar-refractivity contribution is 0.157. The summed E-state index contributed by atoms with van der Waals surface area (Å²) in [5, 5.41) is 16.4. The summed E-state index contributed by atoms with van der Waals surface area (Å²) in [6.07, 6.45) is 5.62. The van der Waals surface area contributed by atoms with Crippen LogP contribution in [0.4, 0.5) is 4.79 Å². The molecular weight excluding hydrogens is 292 g/mol. The van der Waals surface area contributed by atoms with Crippen molar-refractivity contribution < 1.29 is 9.90 Å². The molecule has 1 aromatic carbocycles. The number of carbonyl (C=O) groups is 1. The molecule has 1 saturated heterocycles. The van der Waals surface area contributed by atoms with Crippen LogP contribution in [0.3, 0.4) is 0 Å². The molecule has 1 aromatic heterocycles. The third kappa shape index (κ3) is 3.53. The third-order valence-corrected chi connectivity index (χ3v) is 4.26. The minimum absolute atomic E-state index is 0.0317. The Morgan fingerprint density at radius 3 is 3.04 bits per heavy atom. The SMILES string of the molecule is Cn1cc(-c2cccc(CNC(=O)N3CCC[C@@H]3CO)c2)cn1. The van der Waals surface area contributed by atoms with Crippen LogP contribution in [0.5, 0.6) is 0 Å². The second-order valence-corrected chi connectivity index (χ2v) is 5.93. The maximum absolute atomic E-state index is 12.2. The van der Waals surface area contributed by atoms with Gasteiger partial charge in [-0.25, -0.2) is 4.79 Å². The minimum atomic E-state index is -0.103. The number of hydrogen-bond donors (Lipinski definition) is 2. The van der Waals surface area contributed by atoms with Crippen LogP contribution in [0.25, 0.3) is 11.1 Å². The number of benzene rings is 1. The van der Waals surface area contributed by atoms with Gasteiger partial charge in [-0.1, -0.05) is 18.2 Å². The third-order valence-electron chi connectivity index (χ3n) is 4.26. The first-order valence-electron chi connectivity index (χ1n) is 7.90. The number of aryl methyl sites for hydroxylation is 1. The van der Waals surface area contributed by atoms with Crippen molar-refractivity contribution in [2.24, 2.45) is 7.05 Å². The molecule has 1 aliphatic rings. The molecule has 3 rings (SSSR count). The lowest BCUT2D eigenvalue weighted by Crippen LogP contribution is -2.43. The molecule has 0 aliphatic carbocycles. The molecule has 122 valence electrons. The highest BCUT2D eigenvalue weighted by Gasteiger charge is 2.27. The van der Waals surface area contributed by atoms with Gasteiger partial charge in [-0.3, -0.25) is 4.68 Å². The zero-order valence-corrected chi connectivity index (χ0v) is 13.3. The number of rotatable bonds is 4. The summed E-state index contributed by atoms with van der Waals surface area (Å²) in [4.78, 5) is 14.0. The number of aromatic nitrogens is 2. The van der Waals surface area contributed by atoms with E-state index in [0.717, 1.165) is 29.5 Å². The van der Waals surface area contributed by atoms with Gasteiger partial charge < -0.3 is 15.3 Å². The Bertz CT molecular complexity index is 683. The van der Waals surface area contributed by atoms with E-state index < -0.39 is 0 Å². The Balaban J connectivity index is 1.63. The molecule has 6 nitrogen and oxygen atoms in total. The van der Waals surface area contributed by atoms with E-state index >= 15 is 0 Å². The normalized spacial score (nSPS) is 17.5. The van der Waals surface area contributed by atoms with Crippen molar-refractivity contribution in [3.8, 4) is 11.1 Å². The molecule has 2 heterocycles. The Morgan fingerprint density at radius 2 is 2.30 bits per heavy atom. The van der Waals surface area contributed by atoms with Crippen LogP contribution in [-0.4, -0.2) is 45.0 Å². The van der Waals surface area contributed by atoms with Crippen molar-refractivity contribution in [2.75, 3.05) is 13.2 Å². The highest BCUT2D eigenvalue weighted by molar-refractivity contribution is 5.75. The number of nitrogens with zero attached hydrogens (tertiary/aromatic N) is 3. The highest BCUT2D eigenvalue weighted by atomic mass is 16.3. The molecule has 1 fully saturated rings. The van der Waals surface area contributed by atoms with Crippen molar-refractivity contribution >= 4 is 6.03 Å². The van der Waals surface area contributed by atoms with E-state index in [2.05, 4.69) is 16.5 Å². The van der Waals surface area contributed by atoms with Crippen LogP contribution in [0.2, 0.25) is 0 Å². The van der Waals surface area contributed by atoms with Gasteiger partial charge in [0.2, 0.25) is 0 Å². The van der Waals surface area contributed by atoms with Crippen LogP contribution in [0.15, 0.2) is 36.7 Å². The molecule has 0 radical (unpaired) electrons. The molecule has 1 aliphatic heterocycles. The topological polar surface area (TPSA) is 70.4 Å². The monoisotopic (exact) mass is 314 g/mol. The largest absolute Gasteiger partial charge is 0.394 e. The molecule has 23 heavy (non-hydrogen) atoms. The zero-order valence-electron chi connectivity index (χ0n) is 13.3. The van der Waals surface area contributed by atoms with Gasteiger partial charge in [-0.05, 0) is 30.0 Å². The number of hydrogen-bond acceptors (Lipinski definition) is 3. The molecule has 2 amide bonds. The van der Waals surface area contributed by atoms with E-state index in [-0.39, 0.29) is 18.7 Å². The summed E-state index contributed by atoms with van der Waals surface area (Å²) in [7, 11) is 1.89. The number of aliphatic hydroxyl groups is 1. The molecule has 2 aromatic rings. The molecule has 0 spiro atoms. The van der Waals surface area contributed by atoms with Crippen molar-refractivity contribution in [1.29, 1.82) is 0 Å². The maximum Gasteiger partial charge on any atom is 0.317 e. The maximum atomic E-state index is 12.2. The minimum Gasteiger partial charge on any atom is -0.394 e. The predicted molar refractivity (Wildman–Crippen MR) is 87.7 cm³/mol. The summed E-state index contributed by atoms with van der Waals surface area (Å²) in [5.74, 6) is 0. The second-order valence-electron chi connectivity index (χ2n) is 5.93. The Labute approximate surface area is 135 Å². The molecule has 0 bridgehead atoms. The van der Waals surface area contributed by atoms with Crippen LogP contribution in [0, 0.1) is 0 Å². The van der Waals surface area contributed by atoms with E-state index in [1.165, 1.54) is 0 Å². The fourth-order valence-corrected chi connectivity index (χ4v) is 3.00. The van der Waals surface area contributed by atoms with E-state index in [1.54, 1.807) is 9.58 Å². The first-order chi connectivity index (χ1) is 11.2. The van der Waals surface area contributed by atoms with E-state index in [4.69, 9.17) is 0 Å². The van der Waals surface area contributed by atoms with Crippen LogP contribution in [-0.2, 0) is 13.6 Å². The van der Waals surface area contributed by atoms with Crippen molar-refractivity contribution in [1.82, 2.24) is 20.0 Å². The number of urea groups is 1. The fourth-order valence-electron chi connectivity index (χ4n) is 3.00. The number of nitrogens with one attached hydrogen (secondary N) is 1. The van der Waals surface area contributed by atoms with Crippen LogP contribution < -0.4 is 5.32 Å². The van der Waals surface area contributed by atoms with Crippen molar-refractivity contribution in [2.45, 2.75) is 25.4 Å². The highest BCUT2D eigenvalue weighted by Crippen LogP contribution is 2.20. The molecule has 0 unspecified atom stereocenters. The molecule has 0 saturated carbocycles. The average Bonchev–Trinajstić information content (AvgIpc) is 3.21. The van der Waals surface area contributed by atoms with Gasteiger partial charge in [0.15, 0.2) is 0 Å². The van der Waals surface area contributed by atoms with Gasteiger partial charge >= 0.3 is 6.03 Å². The summed E-state index contributed by atoms with van der Waals surface area (Å²) in [5.41, 5.74) is 3.18. The molecule has 6 heteroatoms. The van der Waals surface area contributed by atoms with Crippen molar-refractivity contribution in [3.63, 3.8) is 0 Å². The van der Waals surface area contributed by atoms with Crippen LogP contribution >= 0.6 is 0 Å². The Kier molecular flexibility index (Phi) is 4.62. The smallest absolute Gasteiger partial charge is 0.317 e. The summed E-state index contributed by atoms with van der Waals surface area (Å²) in [6.45, 7) is 1.22. The standard InChI is InChI=1S/C17H22N4O2/c1-20-11-15(10-19-20)14-5-2-4-13(8-14)9-18-17(23)21-7-3-6-16(21)12-22/h2,4-5,8,10-11,16,22H,3,6-7,9,12H2,1H3,(H,18,23)/t16-/m1/s1. The molecule has 1 atom stereocenters. The first kappa shape index (κ1) is 15.6. The number of likely N-dealkylation sites (tertiary alicyclic amines) is 1. The first-order valence-corrected chi connectivity index (χ1v) is 7.90. The number of amides is 2. The Morgan fingerprint density at radius 1 is 1.43 bits per heavy atom. The Hall–Kier alpha value is -2.34. The van der Waals surface area contributed by atoms with Gasteiger partial charge in [-0.2, -0.15) is 5.10 Å². The van der Waals surface area contributed by atoms with Gasteiger partial charge in [0.1, 0.15) is 0 Å². The van der Waals surface area contributed by atoms with E-state index in [0.29, 0.717) is 13.1 Å². The van der Waals surface area contributed by atoms with E-state index in [9.17, 15) is 9.90 Å². The average molecular weight is 314 g/mol. The summed E-state index contributed by atoms with van der Waals surface area (Å²) >= 11 is 0. The quantitative estimate of drug-likeness (QED) is 0.903. The van der Waals surface area contributed by atoms with Crippen LogP contribution in [0.1, 0.15) is 18.4 Å². The lowest BCUT2D eigenvalue weighted by Gasteiger charge is -2.23. The predicted octanol–water partition coefficient (Wildman–Crippen LogP) is 1.75. The zero-order chi connectivity index (χ0) is 16.2. The molecular formula is C17H22N4O2. The fraction of sp³-hybridized carbons (Fsp3) is 0.412. The van der Waals surface area contributed by atoms with Gasteiger partial charge in [-0.15, -0.1) is 0 Å². The van der Waals surface area contributed by atoms with E-state index in [1.807, 2.05) is 37.6 Å². The van der Waals surface area contributed by atoms with Gasteiger partial charge in [0.05, 0.1) is 18.8 Å². The summed E-state index contributed by atoms with van der Waals surface area (Å²) < 4.78 is 1.77. The van der Waals surface area contributed by atoms with Gasteiger partial charge in [0, 0.05) is 31.9 Å². The number of aliphatic hydroxyl groups excluding tert-OH is 1.